The second kappa shape index (κ2) is 3.28. The average Bonchev–Trinajstić information content (AvgIpc) is 2.45. The van der Waals surface area contributed by atoms with Gasteiger partial charge in [0.1, 0.15) is 12.2 Å². The lowest BCUT2D eigenvalue weighted by molar-refractivity contribution is -0.141. The maximum Gasteiger partial charge on any atom is 0.436 e. The van der Waals surface area contributed by atoms with Crippen molar-refractivity contribution in [2.75, 3.05) is 0 Å². The molecule has 0 amide bonds. The number of H-pyrrole nitrogens is 1. The molecule has 0 radical (unpaired) electrons. The predicted octanol–water partition coefficient (Wildman–Crippen LogP) is 1.60. The van der Waals surface area contributed by atoms with Crippen LogP contribution in [0, 0.1) is 0 Å². The van der Waals surface area contributed by atoms with E-state index in [1.165, 1.54) is 0 Å². The first-order valence-electron chi connectivity index (χ1n) is 3.31. The van der Waals surface area contributed by atoms with Crippen LogP contribution < -0.4 is 0 Å². The molecule has 0 spiro atoms. The van der Waals surface area contributed by atoms with E-state index in [1.807, 2.05) is 0 Å². The SMILES string of the molecule is O=C(O)c1c(C(F)(F)F)n[nH]c1CF. The number of hydrogen-bond donors (Lipinski definition) is 2. The Morgan fingerprint density at radius 3 is 2.43 bits per heavy atom. The molecule has 0 aromatic carbocycles. The molecule has 1 heterocycles. The Labute approximate surface area is 74.5 Å². The Morgan fingerprint density at radius 2 is 2.07 bits per heavy atom. The monoisotopic (exact) mass is 212 g/mol. The van der Waals surface area contributed by atoms with Gasteiger partial charge in [-0.1, -0.05) is 0 Å². The van der Waals surface area contributed by atoms with Crippen LogP contribution in [0.15, 0.2) is 0 Å². The van der Waals surface area contributed by atoms with Crippen LogP contribution in [0.4, 0.5) is 17.6 Å². The summed E-state index contributed by atoms with van der Waals surface area (Å²) in [5.41, 5.74) is -3.47. The lowest BCUT2D eigenvalue weighted by atomic mass is 10.2. The van der Waals surface area contributed by atoms with E-state index in [1.54, 1.807) is 5.10 Å². The van der Waals surface area contributed by atoms with Crippen molar-refractivity contribution in [3.05, 3.63) is 17.0 Å². The molecule has 4 nitrogen and oxygen atoms in total. The summed E-state index contributed by atoms with van der Waals surface area (Å²) in [4.78, 5) is 10.4. The number of nitrogens with zero attached hydrogens (tertiary/aromatic N) is 1. The van der Waals surface area contributed by atoms with Gasteiger partial charge in [0.25, 0.3) is 0 Å². The number of aromatic carboxylic acids is 1. The molecule has 1 aromatic rings. The molecule has 0 unspecified atom stereocenters. The molecule has 0 bridgehead atoms. The predicted molar refractivity (Wildman–Crippen MR) is 35.4 cm³/mol. The highest BCUT2D eigenvalue weighted by molar-refractivity contribution is 5.90. The quantitative estimate of drug-likeness (QED) is 0.731. The zero-order chi connectivity index (χ0) is 10.9. The van der Waals surface area contributed by atoms with Gasteiger partial charge in [0, 0.05) is 0 Å². The van der Waals surface area contributed by atoms with E-state index in [0.29, 0.717) is 0 Å². The first kappa shape index (κ1) is 10.5. The largest absolute Gasteiger partial charge is 0.478 e. The van der Waals surface area contributed by atoms with Crippen LogP contribution in [0.3, 0.4) is 0 Å². The molecular weight excluding hydrogens is 208 g/mol. The highest BCUT2D eigenvalue weighted by Gasteiger charge is 2.40. The van der Waals surface area contributed by atoms with E-state index in [2.05, 4.69) is 5.10 Å². The molecule has 1 rings (SSSR count). The number of aromatic nitrogens is 2. The Bertz CT molecular complexity index is 357. The van der Waals surface area contributed by atoms with Gasteiger partial charge in [0.15, 0.2) is 5.69 Å². The van der Waals surface area contributed by atoms with Crippen molar-refractivity contribution in [3.63, 3.8) is 0 Å². The van der Waals surface area contributed by atoms with Crippen molar-refractivity contribution in [1.29, 1.82) is 0 Å². The smallest absolute Gasteiger partial charge is 0.436 e. The summed E-state index contributed by atoms with van der Waals surface area (Å²) in [7, 11) is 0. The van der Waals surface area contributed by atoms with Gasteiger partial charge in [0.05, 0.1) is 5.69 Å². The molecule has 0 aliphatic carbocycles. The number of carboxylic acid groups (broad SMARTS) is 1. The molecule has 0 saturated carbocycles. The molecule has 0 aliphatic rings. The summed E-state index contributed by atoms with van der Waals surface area (Å²) < 4.78 is 48.3. The number of rotatable bonds is 2. The van der Waals surface area contributed by atoms with Gasteiger partial charge < -0.3 is 5.11 Å². The number of nitrogens with one attached hydrogen (secondary N) is 1. The van der Waals surface area contributed by atoms with Gasteiger partial charge in [-0.3, -0.25) is 5.10 Å². The first-order valence-corrected chi connectivity index (χ1v) is 3.31. The van der Waals surface area contributed by atoms with Gasteiger partial charge in [-0.25, -0.2) is 9.18 Å². The van der Waals surface area contributed by atoms with Crippen LogP contribution in [0.25, 0.3) is 0 Å². The normalized spacial score (nSPS) is 11.7. The number of alkyl halides is 4. The minimum atomic E-state index is -4.91. The van der Waals surface area contributed by atoms with Gasteiger partial charge in [0.2, 0.25) is 0 Å². The summed E-state index contributed by atoms with van der Waals surface area (Å²) >= 11 is 0. The third-order valence-corrected chi connectivity index (χ3v) is 1.46. The Hall–Kier alpha value is -1.60. The fourth-order valence-corrected chi connectivity index (χ4v) is 0.910. The third-order valence-electron chi connectivity index (χ3n) is 1.46. The van der Waals surface area contributed by atoms with Crippen LogP contribution in [0.2, 0.25) is 0 Å². The minimum Gasteiger partial charge on any atom is -0.478 e. The third kappa shape index (κ3) is 1.68. The van der Waals surface area contributed by atoms with Crippen molar-refractivity contribution >= 4 is 5.97 Å². The van der Waals surface area contributed by atoms with Crippen LogP contribution in [-0.4, -0.2) is 21.3 Å². The van der Waals surface area contributed by atoms with E-state index >= 15 is 0 Å². The maximum absolute atomic E-state index is 12.1. The highest BCUT2D eigenvalue weighted by Crippen LogP contribution is 2.31. The van der Waals surface area contributed by atoms with Crippen molar-refractivity contribution < 1.29 is 27.5 Å². The summed E-state index contributed by atoms with van der Waals surface area (Å²) in [5, 5.41) is 12.8. The molecule has 0 saturated heterocycles. The molecule has 78 valence electrons. The van der Waals surface area contributed by atoms with Crippen molar-refractivity contribution in [2.45, 2.75) is 12.9 Å². The second-order valence-electron chi connectivity index (χ2n) is 2.36. The molecule has 0 aliphatic heterocycles. The summed E-state index contributed by atoms with van der Waals surface area (Å²) in [6.45, 7) is -1.34. The lowest BCUT2D eigenvalue weighted by Crippen LogP contribution is -2.12. The van der Waals surface area contributed by atoms with Gasteiger partial charge in [-0.15, -0.1) is 0 Å². The zero-order valence-electron chi connectivity index (χ0n) is 6.52. The van der Waals surface area contributed by atoms with Gasteiger partial charge in [-0.05, 0) is 0 Å². The summed E-state index contributed by atoms with van der Waals surface area (Å²) in [6.07, 6.45) is -4.91. The molecule has 8 heteroatoms. The van der Waals surface area contributed by atoms with Crippen molar-refractivity contribution in [2.24, 2.45) is 0 Å². The van der Waals surface area contributed by atoms with Crippen molar-refractivity contribution in [3.8, 4) is 0 Å². The standard InChI is InChI=1S/C6H4F4N2O2/c7-1-2-3(5(13)14)4(12-11-2)6(8,9)10/h1H2,(H,11,12)(H,13,14). The van der Waals surface area contributed by atoms with E-state index in [-0.39, 0.29) is 0 Å². The lowest BCUT2D eigenvalue weighted by Gasteiger charge is -2.02. The van der Waals surface area contributed by atoms with E-state index < -0.39 is 35.8 Å². The van der Waals surface area contributed by atoms with Crippen LogP contribution in [-0.2, 0) is 12.9 Å². The zero-order valence-corrected chi connectivity index (χ0v) is 6.52. The minimum absolute atomic E-state index is 0.690. The fourth-order valence-electron chi connectivity index (χ4n) is 0.910. The number of hydrogen-bond acceptors (Lipinski definition) is 2. The maximum atomic E-state index is 12.1. The number of halogens is 4. The first-order chi connectivity index (χ1) is 6.38. The van der Waals surface area contributed by atoms with Crippen LogP contribution >= 0.6 is 0 Å². The number of carboxylic acids is 1. The summed E-state index contributed by atoms with van der Waals surface area (Å²) in [5.74, 6) is -1.86. The Morgan fingerprint density at radius 1 is 1.50 bits per heavy atom. The Kier molecular flexibility index (Phi) is 2.45. The molecular formula is C6H4F4N2O2. The fraction of sp³-hybridized carbons (Fsp3) is 0.333. The molecule has 1 aromatic heterocycles. The van der Waals surface area contributed by atoms with E-state index in [0.717, 1.165) is 0 Å². The number of aromatic amines is 1. The van der Waals surface area contributed by atoms with Gasteiger partial charge in [-0.2, -0.15) is 18.3 Å². The van der Waals surface area contributed by atoms with Crippen LogP contribution in [0.5, 0.6) is 0 Å². The van der Waals surface area contributed by atoms with Crippen molar-refractivity contribution in [1.82, 2.24) is 10.2 Å². The summed E-state index contributed by atoms with van der Waals surface area (Å²) in [6, 6.07) is 0. The molecule has 14 heavy (non-hydrogen) atoms. The van der Waals surface area contributed by atoms with E-state index in [9.17, 15) is 22.4 Å². The number of carbonyl (C=O) groups is 1. The second-order valence-corrected chi connectivity index (χ2v) is 2.36. The molecule has 2 N–H and O–H groups in total. The Balaban J connectivity index is 3.32. The molecule has 0 fully saturated rings. The molecule has 0 atom stereocenters. The highest BCUT2D eigenvalue weighted by atomic mass is 19.4. The van der Waals surface area contributed by atoms with Gasteiger partial charge >= 0.3 is 12.1 Å². The van der Waals surface area contributed by atoms with Crippen LogP contribution in [0.1, 0.15) is 21.7 Å². The average molecular weight is 212 g/mol. The topological polar surface area (TPSA) is 66.0 Å². The van der Waals surface area contributed by atoms with E-state index in [4.69, 9.17) is 5.11 Å².